The van der Waals surface area contributed by atoms with Crippen LogP contribution in [0.25, 0.3) is 54.3 Å². The van der Waals surface area contributed by atoms with E-state index >= 15 is 0 Å². The van der Waals surface area contributed by atoms with Crippen molar-refractivity contribution < 1.29 is 4.42 Å². The molecule has 409 valence electrons. The van der Waals surface area contributed by atoms with Gasteiger partial charge in [0.15, 0.2) is 0 Å². The molecule has 2 aliphatic rings. The van der Waals surface area contributed by atoms with Crippen molar-refractivity contribution in [2.75, 3.05) is 15.1 Å². The molecule has 0 bridgehead atoms. The van der Waals surface area contributed by atoms with Gasteiger partial charge in [-0.25, -0.2) is 0 Å². The van der Waals surface area contributed by atoms with E-state index in [4.69, 9.17) is 4.42 Å². The zero-order valence-electron chi connectivity index (χ0n) is 50.1. The van der Waals surface area contributed by atoms with Gasteiger partial charge in [-0.05, 0) is 168 Å². The summed E-state index contributed by atoms with van der Waals surface area (Å²) in [7, 11) is 2.47. The summed E-state index contributed by atoms with van der Waals surface area (Å²) in [5.41, 5.74) is 22.8. The highest BCUT2D eigenvalue weighted by molar-refractivity contribution is 7.29. The Morgan fingerprint density at radius 1 is 0.512 bits per heavy atom. The third kappa shape index (κ3) is 9.32. The zero-order valence-corrected chi connectivity index (χ0v) is 50.9. The van der Waals surface area contributed by atoms with Crippen LogP contribution in [0.4, 0.5) is 45.5 Å². The van der Waals surface area contributed by atoms with Crippen molar-refractivity contribution in [3.8, 4) is 22.3 Å². The van der Waals surface area contributed by atoms with Gasteiger partial charge in [0, 0.05) is 71.7 Å². The van der Waals surface area contributed by atoms with Crippen LogP contribution in [0.15, 0.2) is 192 Å². The van der Waals surface area contributed by atoms with Gasteiger partial charge in [-0.3, -0.25) is 0 Å². The van der Waals surface area contributed by atoms with Crippen LogP contribution < -0.4 is 25.4 Å². The van der Waals surface area contributed by atoms with E-state index in [2.05, 4.69) is 300 Å². The molecule has 0 unspecified atom stereocenters. The van der Waals surface area contributed by atoms with Gasteiger partial charge in [-0.2, -0.15) is 0 Å². The first-order valence-electron chi connectivity index (χ1n) is 29.4. The predicted molar refractivity (Wildman–Crippen MR) is 355 cm³/mol. The van der Waals surface area contributed by atoms with Crippen LogP contribution in [-0.4, -0.2) is 7.28 Å². The van der Waals surface area contributed by atoms with Gasteiger partial charge in [0.25, 0.3) is 0 Å². The maximum atomic E-state index is 7.35. The quantitative estimate of drug-likeness (QED) is 0.154. The molecule has 1 aliphatic carbocycles. The number of benzene rings is 9. The Morgan fingerprint density at radius 2 is 1.10 bits per heavy atom. The average molecular weight is 1090 g/mol. The van der Waals surface area contributed by atoms with Crippen LogP contribution in [-0.2, 0) is 27.1 Å². The Labute approximate surface area is 491 Å². The highest BCUT2D eigenvalue weighted by Gasteiger charge is 2.39. The Balaban J connectivity index is 1.13. The van der Waals surface area contributed by atoms with E-state index in [1.54, 1.807) is 0 Å². The molecular weight excluding hydrogens is 1010 g/mol. The number of anilines is 8. The molecule has 0 saturated heterocycles. The first-order chi connectivity index (χ1) is 39.0. The lowest BCUT2D eigenvalue weighted by Crippen LogP contribution is -2.39. The summed E-state index contributed by atoms with van der Waals surface area (Å²) in [6, 6.07) is 70.7. The van der Waals surface area contributed by atoms with E-state index in [-0.39, 0.29) is 27.1 Å². The summed E-state index contributed by atoms with van der Waals surface area (Å²) in [5.74, 6) is 0. The van der Waals surface area contributed by atoms with E-state index in [0.717, 1.165) is 91.2 Å². The Kier molecular flexibility index (Phi) is 12.7. The fourth-order valence-electron chi connectivity index (χ4n) is 12.9. The fourth-order valence-corrected chi connectivity index (χ4v) is 14.0. The Morgan fingerprint density at radius 3 is 1.76 bits per heavy atom. The normalized spacial score (nSPS) is 14.8. The van der Waals surface area contributed by atoms with E-state index < -0.39 is 0 Å². The van der Waals surface area contributed by atoms with E-state index in [1.807, 2.05) is 11.3 Å². The van der Waals surface area contributed by atoms with Crippen molar-refractivity contribution in [1.82, 2.24) is 0 Å². The minimum absolute atomic E-state index is 0.000632. The number of nitrogens with zero attached hydrogens (tertiary/aromatic N) is 2. The zero-order chi connectivity index (χ0) is 57.3. The van der Waals surface area contributed by atoms with Gasteiger partial charge in [0.05, 0.1) is 11.4 Å². The van der Waals surface area contributed by atoms with Crippen molar-refractivity contribution in [2.45, 2.75) is 130 Å². The first-order valence-corrected chi connectivity index (χ1v) is 30.3. The third-order valence-corrected chi connectivity index (χ3v) is 19.0. The summed E-state index contributed by atoms with van der Waals surface area (Å²) < 4.78 is 9.80. The molecule has 13 rings (SSSR count). The van der Waals surface area contributed by atoms with Gasteiger partial charge < -0.3 is 19.5 Å². The second-order valence-corrected chi connectivity index (χ2v) is 28.7. The van der Waals surface area contributed by atoms with Crippen LogP contribution in [0, 0.1) is 0 Å². The molecule has 9 aromatic carbocycles. The molecule has 2 aromatic heterocycles. The standard InChI is InChI=1S/C76H75BN3OS/c1-72(2,3)48-27-33-52(34-28-48)79(53-35-29-49(30-36-53)73(4,5)6)54-37-39-62(78-51-32-38-60-61(44-51)76(12,13)42-41-75(60,10)11)59(45-54)67-68-64(46-58-55-23-17-19-25-65(55)81-70(58)67)80(69-56-24-18-20-26-66(56)82-71(69)77-68)63-40-31-50(74(7,8)9)43-57(63)47-21-15-14-16-22-47/h14-40,43-46,78H,41-42H2,1-13H3. The van der Waals surface area contributed by atoms with Crippen LogP contribution in [0.3, 0.4) is 0 Å². The minimum Gasteiger partial charge on any atom is -0.455 e. The number of fused-ring (bicyclic) bond motifs is 8. The van der Waals surface area contributed by atoms with Crippen molar-refractivity contribution in [3.63, 3.8) is 0 Å². The predicted octanol–water partition coefficient (Wildman–Crippen LogP) is 21.0. The number of thiophene rings is 1. The van der Waals surface area contributed by atoms with Crippen LogP contribution in [0.2, 0.25) is 0 Å². The monoisotopic (exact) mass is 1090 g/mol. The fraction of sp³-hybridized carbons (Fsp3) is 0.263. The molecule has 4 nitrogen and oxygen atoms in total. The number of hydrogen-bond donors (Lipinski definition) is 1. The largest absolute Gasteiger partial charge is 0.455 e. The lowest BCUT2D eigenvalue weighted by Gasteiger charge is -2.42. The van der Waals surface area contributed by atoms with Crippen molar-refractivity contribution >= 4 is 106 Å². The maximum absolute atomic E-state index is 7.35. The first kappa shape index (κ1) is 53.5. The summed E-state index contributed by atoms with van der Waals surface area (Å²) >= 11 is 1.86. The van der Waals surface area contributed by atoms with Gasteiger partial charge >= 0.3 is 0 Å². The number of nitrogens with one attached hydrogen (secondary N) is 1. The number of hydrogen-bond acceptors (Lipinski definition) is 5. The molecule has 1 N–H and O–H groups in total. The van der Waals surface area contributed by atoms with E-state index in [0.29, 0.717) is 0 Å². The Bertz CT molecular complexity index is 4220. The summed E-state index contributed by atoms with van der Waals surface area (Å²) in [6.45, 7) is 30.3. The van der Waals surface area contributed by atoms with Crippen LogP contribution >= 0.6 is 11.3 Å². The van der Waals surface area contributed by atoms with E-state index in [1.165, 1.54) is 59.5 Å². The van der Waals surface area contributed by atoms with Gasteiger partial charge in [-0.1, -0.05) is 193 Å². The van der Waals surface area contributed by atoms with E-state index in [9.17, 15) is 0 Å². The lowest BCUT2D eigenvalue weighted by atomic mass is 9.61. The molecule has 0 amide bonds. The maximum Gasteiger partial charge on any atom is 0.212 e. The number of furan rings is 1. The molecule has 1 aliphatic heterocycles. The molecular formula is C76H75BN3OS. The van der Waals surface area contributed by atoms with Crippen LogP contribution in [0.1, 0.15) is 131 Å². The van der Waals surface area contributed by atoms with Gasteiger partial charge in [-0.15, -0.1) is 11.3 Å². The Hall–Kier alpha value is -7.80. The SMILES string of the molecule is CC(C)(C)c1ccc(N(c2ccc(C(C)(C)C)cc2)c2ccc(Nc3ccc4c(c3)C(C)(C)CCC4(C)C)c(-c3c4c(cc5c3oc3ccccc35)N(c3ccc(C(C)(C)C)cc3-c3ccccc3)c3c(sc5ccccc35)[B]4)c2)cc1. The van der Waals surface area contributed by atoms with Gasteiger partial charge in [0.1, 0.15) is 11.2 Å². The molecule has 0 saturated carbocycles. The second-order valence-electron chi connectivity index (χ2n) is 27.6. The van der Waals surface area contributed by atoms with Crippen molar-refractivity contribution in [1.29, 1.82) is 0 Å². The smallest absolute Gasteiger partial charge is 0.212 e. The average Bonchev–Trinajstić information content (AvgIpc) is 1.96. The lowest BCUT2D eigenvalue weighted by molar-refractivity contribution is 0.332. The topological polar surface area (TPSA) is 31.6 Å². The summed E-state index contributed by atoms with van der Waals surface area (Å²) in [4.78, 5) is 5.02. The van der Waals surface area contributed by atoms with Crippen molar-refractivity contribution in [2.24, 2.45) is 0 Å². The molecule has 11 aromatic rings. The molecule has 3 heterocycles. The summed E-state index contributed by atoms with van der Waals surface area (Å²) in [6.07, 6.45) is 2.30. The van der Waals surface area contributed by atoms with Crippen molar-refractivity contribution in [3.05, 3.63) is 216 Å². The molecule has 0 spiro atoms. The van der Waals surface area contributed by atoms with Crippen LogP contribution in [0.5, 0.6) is 0 Å². The highest BCUT2D eigenvalue weighted by atomic mass is 32.1. The highest BCUT2D eigenvalue weighted by Crippen LogP contribution is 2.52. The second kappa shape index (κ2) is 19.4. The molecule has 6 heteroatoms. The molecule has 1 radical (unpaired) electrons. The molecule has 82 heavy (non-hydrogen) atoms. The summed E-state index contributed by atoms with van der Waals surface area (Å²) in [5, 5.41) is 7.52. The van der Waals surface area contributed by atoms with Gasteiger partial charge in [0.2, 0.25) is 7.28 Å². The molecule has 0 atom stereocenters. The molecule has 0 fully saturated rings. The third-order valence-electron chi connectivity index (χ3n) is 17.9. The number of para-hydroxylation sites is 1. The minimum atomic E-state index is -0.0690. The number of rotatable bonds is 8.